The Morgan fingerprint density at radius 2 is 1.84 bits per heavy atom. The van der Waals surface area contributed by atoms with Crippen molar-refractivity contribution in [3.05, 3.63) is 92.3 Å². The normalized spacial score (nSPS) is 11.0. The maximum Gasteiger partial charge on any atom is 0.271 e. The van der Waals surface area contributed by atoms with Crippen LogP contribution in [0.4, 0.5) is 5.69 Å². The van der Waals surface area contributed by atoms with E-state index < -0.39 is 10.5 Å². The number of nitro groups is 1. The molecule has 4 aromatic rings. The summed E-state index contributed by atoms with van der Waals surface area (Å²) in [5.74, 6) is 0.504. The fourth-order valence-corrected chi connectivity index (χ4v) is 3.79. The average molecular weight is 432 g/mol. The molecule has 0 unspecified atom stereocenters. The zero-order valence-corrected chi connectivity index (χ0v) is 17.7. The largest absolute Gasteiger partial charge is 0.497 e. The minimum Gasteiger partial charge on any atom is -0.497 e. The summed E-state index contributed by atoms with van der Waals surface area (Å²) < 4.78 is 8.38. The lowest BCUT2D eigenvalue weighted by molar-refractivity contribution is -0.384. The molecule has 0 aliphatic rings. The number of nitro benzene ring substituents is 1. The van der Waals surface area contributed by atoms with Gasteiger partial charge in [-0.25, -0.2) is 4.98 Å². The van der Waals surface area contributed by atoms with Crippen molar-refractivity contribution in [1.82, 2.24) is 14.1 Å². The maximum atomic E-state index is 13.1. The van der Waals surface area contributed by atoms with E-state index in [1.165, 1.54) is 29.1 Å². The Labute approximate surface area is 182 Å². The minimum atomic E-state index is -0.547. The third kappa shape index (κ3) is 3.64. The van der Waals surface area contributed by atoms with Crippen LogP contribution in [0.5, 0.6) is 5.75 Å². The molecule has 0 aliphatic heterocycles. The molecule has 0 radical (unpaired) electrons. The van der Waals surface area contributed by atoms with Crippen molar-refractivity contribution in [2.45, 2.75) is 20.4 Å². The lowest BCUT2D eigenvalue weighted by Crippen LogP contribution is -2.25. The highest BCUT2D eigenvalue weighted by Gasteiger charge is 2.18. The lowest BCUT2D eigenvalue weighted by Gasteiger charge is -2.11. The number of non-ortho nitro benzene ring substituents is 1. The van der Waals surface area contributed by atoms with Gasteiger partial charge in [-0.15, -0.1) is 0 Å². The number of carbonyl (C=O) groups is 1. The Bertz CT molecular complexity index is 1420. The first kappa shape index (κ1) is 21.0. The number of carbonyl (C=O) groups excluding carboxylic acids is 1. The van der Waals surface area contributed by atoms with Gasteiger partial charge < -0.3 is 9.30 Å². The van der Waals surface area contributed by atoms with Gasteiger partial charge in [0.15, 0.2) is 5.78 Å². The number of ketones is 1. The molecule has 9 heteroatoms. The monoisotopic (exact) mass is 432 g/mol. The Morgan fingerprint density at radius 1 is 1.12 bits per heavy atom. The van der Waals surface area contributed by atoms with Gasteiger partial charge in [0.1, 0.15) is 5.75 Å². The summed E-state index contributed by atoms with van der Waals surface area (Å²) in [6.45, 7) is 3.57. The number of methoxy groups -OCH3 is 1. The van der Waals surface area contributed by atoms with E-state index in [0.29, 0.717) is 5.56 Å². The van der Waals surface area contributed by atoms with Crippen LogP contribution in [0.3, 0.4) is 0 Å². The number of aryl methyl sites for hydroxylation is 1. The molecule has 0 bridgehead atoms. The van der Waals surface area contributed by atoms with Crippen LogP contribution < -0.4 is 10.3 Å². The summed E-state index contributed by atoms with van der Waals surface area (Å²) in [4.78, 5) is 40.4. The number of fused-ring (bicyclic) bond motifs is 1. The van der Waals surface area contributed by atoms with Gasteiger partial charge in [0.25, 0.3) is 11.2 Å². The topological polar surface area (TPSA) is 109 Å². The van der Waals surface area contributed by atoms with Crippen molar-refractivity contribution in [2.24, 2.45) is 0 Å². The van der Waals surface area contributed by atoms with Crippen LogP contribution in [0, 0.1) is 24.0 Å². The van der Waals surface area contributed by atoms with E-state index in [4.69, 9.17) is 4.74 Å². The van der Waals surface area contributed by atoms with Crippen molar-refractivity contribution in [1.29, 1.82) is 0 Å². The lowest BCUT2D eigenvalue weighted by atomic mass is 10.1. The molecule has 0 N–H and O–H groups in total. The first-order chi connectivity index (χ1) is 15.3. The van der Waals surface area contributed by atoms with Gasteiger partial charge in [-0.1, -0.05) is 0 Å². The molecule has 0 spiro atoms. The molecule has 4 rings (SSSR count). The molecule has 162 valence electrons. The summed E-state index contributed by atoms with van der Waals surface area (Å²) in [6.07, 6.45) is 1.24. The fourth-order valence-electron chi connectivity index (χ4n) is 3.79. The Kier molecular flexibility index (Phi) is 5.31. The second-order valence-electron chi connectivity index (χ2n) is 7.38. The SMILES string of the molecule is COc1ccc(-n2c(C)cc(C(=O)Cn3cnc4cc([N+](=O)[O-])ccc4c3=O)c2C)cc1. The molecule has 0 fully saturated rings. The highest BCUT2D eigenvalue weighted by Crippen LogP contribution is 2.23. The number of Topliss-reactive ketones (excluding diaryl/α,β-unsaturated/α-hetero) is 1. The van der Waals surface area contributed by atoms with Crippen LogP contribution in [0.15, 0.2) is 59.7 Å². The van der Waals surface area contributed by atoms with Crippen LogP contribution in [-0.2, 0) is 6.54 Å². The summed E-state index contributed by atoms with van der Waals surface area (Å²) >= 11 is 0. The van der Waals surface area contributed by atoms with Gasteiger partial charge in [-0.3, -0.25) is 24.3 Å². The minimum absolute atomic E-state index is 0.149. The van der Waals surface area contributed by atoms with Crippen LogP contribution in [0.2, 0.25) is 0 Å². The Morgan fingerprint density at radius 3 is 2.50 bits per heavy atom. The second-order valence-corrected chi connectivity index (χ2v) is 7.38. The molecule has 0 saturated heterocycles. The Balaban J connectivity index is 1.66. The maximum absolute atomic E-state index is 13.1. The molecule has 0 saturated carbocycles. The molecule has 0 amide bonds. The highest BCUT2D eigenvalue weighted by molar-refractivity contribution is 5.97. The van der Waals surface area contributed by atoms with E-state index in [1.54, 1.807) is 13.2 Å². The van der Waals surface area contributed by atoms with Gasteiger partial charge in [-0.05, 0) is 50.2 Å². The molecule has 32 heavy (non-hydrogen) atoms. The zero-order valence-electron chi connectivity index (χ0n) is 17.7. The number of hydrogen-bond donors (Lipinski definition) is 0. The quantitative estimate of drug-likeness (QED) is 0.262. The van der Waals surface area contributed by atoms with E-state index in [1.807, 2.05) is 42.7 Å². The summed E-state index contributed by atoms with van der Waals surface area (Å²) in [5, 5.41) is 11.2. The zero-order chi connectivity index (χ0) is 23.0. The molecule has 2 aromatic heterocycles. The van der Waals surface area contributed by atoms with Crippen LogP contribution in [0.25, 0.3) is 16.6 Å². The molecule has 9 nitrogen and oxygen atoms in total. The highest BCUT2D eigenvalue weighted by atomic mass is 16.6. The number of benzene rings is 2. The summed E-state index contributed by atoms with van der Waals surface area (Å²) in [6, 6.07) is 13.2. The molecule has 2 heterocycles. The summed E-state index contributed by atoms with van der Waals surface area (Å²) in [7, 11) is 1.60. The van der Waals surface area contributed by atoms with E-state index in [2.05, 4.69) is 4.98 Å². The Hall–Kier alpha value is -4.27. The molecular weight excluding hydrogens is 412 g/mol. The van der Waals surface area contributed by atoms with E-state index in [0.717, 1.165) is 22.8 Å². The van der Waals surface area contributed by atoms with Crippen molar-refractivity contribution < 1.29 is 14.5 Å². The first-order valence-electron chi connectivity index (χ1n) is 9.80. The second kappa shape index (κ2) is 8.10. The third-order valence-electron chi connectivity index (χ3n) is 5.40. The van der Waals surface area contributed by atoms with Crippen molar-refractivity contribution in [2.75, 3.05) is 7.11 Å². The first-order valence-corrected chi connectivity index (χ1v) is 9.80. The number of nitrogens with zero attached hydrogens (tertiary/aromatic N) is 4. The fraction of sp³-hybridized carbons (Fsp3) is 0.174. The van der Waals surface area contributed by atoms with Crippen LogP contribution >= 0.6 is 0 Å². The van der Waals surface area contributed by atoms with Gasteiger partial charge in [-0.2, -0.15) is 0 Å². The van der Waals surface area contributed by atoms with Gasteiger partial charge in [0, 0.05) is 34.8 Å². The number of aromatic nitrogens is 3. The van der Waals surface area contributed by atoms with Gasteiger partial charge in [0.05, 0.1) is 35.8 Å². The third-order valence-corrected chi connectivity index (χ3v) is 5.40. The number of ether oxygens (including phenoxy) is 1. The van der Waals surface area contributed by atoms with Gasteiger partial charge in [0.2, 0.25) is 0 Å². The molecule has 0 atom stereocenters. The standard InChI is InChI=1S/C23H20N4O5/c1-14-10-20(15(2)26(14)16-4-7-18(32-3)8-5-16)22(28)12-25-13-24-21-11-17(27(30)31)6-9-19(21)23(25)29/h4-11,13H,12H2,1-3H3. The predicted octanol–water partition coefficient (Wildman–Crippen LogP) is 3.60. The van der Waals surface area contributed by atoms with E-state index in [-0.39, 0.29) is 28.9 Å². The van der Waals surface area contributed by atoms with Crippen molar-refractivity contribution >= 4 is 22.4 Å². The summed E-state index contributed by atoms with van der Waals surface area (Å²) in [5.41, 5.74) is 2.68. The van der Waals surface area contributed by atoms with E-state index in [9.17, 15) is 19.7 Å². The van der Waals surface area contributed by atoms with Gasteiger partial charge >= 0.3 is 0 Å². The number of hydrogen-bond acceptors (Lipinski definition) is 6. The van der Waals surface area contributed by atoms with Crippen molar-refractivity contribution in [3.63, 3.8) is 0 Å². The van der Waals surface area contributed by atoms with Crippen LogP contribution in [-0.4, -0.2) is 31.9 Å². The molecule has 0 aliphatic carbocycles. The predicted molar refractivity (Wildman–Crippen MR) is 119 cm³/mol. The van der Waals surface area contributed by atoms with E-state index >= 15 is 0 Å². The molecular formula is C23H20N4O5. The number of rotatable bonds is 6. The smallest absolute Gasteiger partial charge is 0.271 e. The molecule has 2 aromatic carbocycles. The van der Waals surface area contributed by atoms with Crippen LogP contribution in [0.1, 0.15) is 21.7 Å². The van der Waals surface area contributed by atoms with Crippen molar-refractivity contribution in [3.8, 4) is 11.4 Å². The average Bonchev–Trinajstić information content (AvgIpc) is 3.09.